The number of methoxy groups -OCH3 is 1. The van der Waals surface area contributed by atoms with E-state index in [0.717, 1.165) is 17.1 Å². The van der Waals surface area contributed by atoms with E-state index in [2.05, 4.69) is 15.3 Å². The number of pyridine rings is 1. The van der Waals surface area contributed by atoms with Crippen LogP contribution in [0.15, 0.2) is 54.0 Å². The Morgan fingerprint density at radius 3 is 2.75 bits per heavy atom. The number of carbonyl (C=O) groups is 2. The minimum Gasteiger partial charge on any atom is -0.497 e. The summed E-state index contributed by atoms with van der Waals surface area (Å²) in [5, 5.41) is 5.18. The van der Waals surface area contributed by atoms with Crippen molar-refractivity contribution in [2.24, 2.45) is 5.92 Å². The zero-order valence-electron chi connectivity index (χ0n) is 15.2. The fourth-order valence-electron chi connectivity index (χ4n) is 3.07. The van der Waals surface area contributed by atoms with Crippen LogP contribution in [0.4, 0.5) is 10.8 Å². The molecule has 1 atom stereocenters. The van der Waals surface area contributed by atoms with E-state index in [0.29, 0.717) is 17.4 Å². The molecule has 2 amide bonds. The third kappa shape index (κ3) is 3.72. The van der Waals surface area contributed by atoms with Crippen molar-refractivity contribution in [2.45, 2.75) is 6.42 Å². The molecule has 4 rings (SSSR count). The summed E-state index contributed by atoms with van der Waals surface area (Å²) < 4.78 is 5.14. The van der Waals surface area contributed by atoms with E-state index in [-0.39, 0.29) is 18.2 Å². The number of hydrogen-bond acceptors (Lipinski definition) is 6. The maximum Gasteiger partial charge on any atom is 0.231 e. The van der Waals surface area contributed by atoms with Crippen molar-refractivity contribution in [2.75, 3.05) is 23.9 Å². The molecule has 0 radical (unpaired) electrons. The minimum atomic E-state index is -0.420. The minimum absolute atomic E-state index is 0.0707. The molecule has 2 aromatic heterocycles. The number of anilines is 2. The van der Waals surface area contributed by atoms with Crippen LogP contribution in [0.1, 0.15) is 6.42 Å². The molecule has 1 N–H and O–H groups in total. The van der Waals surface area contributed by atoms with Crippen molar-refractivity contribution in [3.63, 3.8) is 0 Å². The van der Waals surface area contributed by atoms with E-state index >= 15 is 0 Å². The molecule has 0 unspecified atom stereocenters. The van der Waals surface area contributed by atoms with Crippen LogP contribution in [-0.4, -0.2) is 35.4 Å². The van der Waals surface area contributed by atoms with Crippen LogP contribution in [0.2, 0.25) is 0 Å². The number of nitrogens with zero attached hydrogens (tertiary/aromatic N) is 3. The van der Waals surface area contributed by atoms with Gasteiger partial charge in [0, 0.05) is 30.2 Å². The van der Waals surface area contributed by atoms with Gasteiger partial charge in [0.05, 0.1) is 18.7 Å². The molecule has 1 aliphatic rings. The molecule has 1 aliphatic heterocycles. The fourth-order valence-corrected chi connectivity index (χ4v) is 3.77. The normalized spacial score (nSPS) is 16.2. The Labute approximate surface area is 166 Å². The topological polar surface area (TPSA) is 84.4 Å². The van der Waals surface area contributed by atoms with Gasteiger partial charge < -0.3 is 15.0 Å². The van der Waals surface area contributed by atoms with Crippen LogP contribution in [0.3, 0.4) is 0 Å². The van der Waals surface area contributed by atoms with Gasteiger partial charge in [-0.15, -0.1) is 11.3 Å². The van der Waals surface area contributed by atoms with Gasteiger partial charge in [0.2, 0.25) is 11.8 Å². The third-order valence-electron chi connectivity index (χ3n) is 4.54. The number of benzene rings is 1. The van der Waals surface area contributed by atoms with Gasteiger partial charge in [0.1, 0.15) is 11.4 Å². The van der Waals surface area contributed by atoms with Crippen molar-refractivity contribution >= 4 is 34.0 Å². The number of amides is 2. The third-order valence-corrected chi connectivity index (χ3v) is 5.30. The molecule has 0 spiro atoms. The summed E-state index contributed by atoms with van der Waals surface area (Å²) >= 11 is 1.34. The Hall–Kier alpha value is -3.26. The highest BCUT2D eigenvalue weighted by Gasteiger charge is 2.35. The molecule has 0 saturated carbocycles. The van der Waals surface area contributed by atoms with Crippen molar-refractivity contribution < 1.29 is 14.3 Å². The van der Waals surface area contributed by atoms with E-state index in [1.54, 1.807) is 30.3 Å². The van der Waals surface area contributed by atoms with Gasteiger partial charge >= 0.3 is 0 Å². The SMILES string of the molecule is COc1ccc(N2C[C@@H](C(=O)Nc3nc(-c4ccccn4)cs3)CC2=O)cc1. The summed E-state index contributed by atoms with van der Waals surface area (Å²) in [6, 6.07) is 12.8. The Bertz CT molecular complexity index is 988. The van der Waals surface area contributed by atoms with Gasteiger partial charge in [-0.1, -0.05) is 6.07 Å². The van der Waals surface area contributed by atoms with Crippen LogP contribution < -0.4 is 15.0 Å². The van der Waals surface area contributed by atoms with Crippen LogP contribution in [0.25, 0.3) is 11.4 Å². The summed E-state index contributed by atoms with van der Waals surface area (Å²) in [5.74, 6) is 0.0267. The number of nitrogens with one attached hydrogen (secondary N) is 1. The first-order chi connectivity index (χ1) is 13.6. The molecule has 142 valence electrons. The lowest BCUT2D eigenvalue weighted by molar-refractivity contribution is -0.122. The Morgan fingerprint density at radius 1 is 1.21 bits per heavy atom. The molecule has 1 aromatic carbocycles. The summed E-state index contributed by atoms with van der Waals surface area (Å²) in [5.41, 5.74) is 2.22. The predicted octanol–water partition coefficient (Wildman–Crippen LogP) is 3.21. The molecule has 3 heterocycles. The highest BCUT2D eigenvalue weighted by Crippen LogP contribution is 2.29. The molecule has 0 bridgehead atoms. The fraction of sp³-hybridized carbons (Fsp3) is 0.200. The zero-order chi connectivity index (χ0) is 19.5. The second-order valence-electron chi connectivity index (χ2n) is 6.35. The van der Waals surface area contributed by atoms with Crippen molar-refractivity contribution in [1.29, 1.82) is 0 Å². The van der Waals surface area contributed by atoms with Crippen molar-refractivity contribution in [3.05, 3.63) is 54.0 Å². The van der Waals surface area contributed by atoms with Crippen LogP contribution in [0, 0.1) is 5.92 Å². The first-order valence-electron chi connectivity index (χ1n) is 8.76. The molecular weight excluding hydrogens is 376 g/mol. The molecule has 7 nitrogen and oxygen atoms in total. The number of thiazole rings is 1. The number of hydrogen-bond donors (Lipinski definition) is 1. The maximum atomic E-state index is 12.6. The molecule has 1 saturated heterocycles. The second-order valence-corrected chi connectivity index (χ2v) is 7.20. The quantitative estimate of drug-likeness (QED) is 0.718. The molecule has 8 heteroatoms. The number of aromatic nitrogens is 2. The number of ether oxygens (including phenoxy) is 1. The summed E-state index contributed by atoms with van der Waals surface area (Å²) in [6.07, 6.45) is 1.88. The molecule has 1 fully saturated rings. The first kappa shape index (κ1) is 18.1. The first-order valence-corrected chi connectivity index (χ1v) is 9.64. The maximum absolute atomic E-state index is 12.6. The van der Waals surface area contributed by atoms with E-state index in [9.17, 15) is 9.59 Å². The van der Waals surface area contributed by atoms with Crippen molar-refractivity contribution in [3.8, 4) is 17.1 Å². The molecule has 0 aliphatic carbocycles. The van der Waals surface area contributed by atoms with Gasteiger partial charge in [-0.25, -0.2) is 4.98 Å². The van der Waals surface area contributed by atoms with Crippen LogP contribution in [-0.2, 0) is 9.59 Å². The molecule has 3 aromatic rings. The lowest BCUT2D eigenvalue weighted by Gasteiger charge is -2.16. The van der Waals surface area contributed by atoms with Gasteiger partial charge in [-0.05, 0) is 36.4 Å². The van der Waals surface area contributed by atoms with Gasteiger partial charge in [-0.3, -0.25) is 14.6 Å². The lowest BCUT2D eigenvalue weighted by Crippen LogP contribution is -2.28. The zero-order valence-corrected chi connectivity index (χ0v) is 16.0. The lowest BCUT2D eigenvalue weighted by atomic mass is 10.1. The second kappa shape index (κ2) is 7.77. The smallest absolute Gasteiger partial charge is 0.231 e. The van der Waals surface area contributed by atoms with Crippen LogP contribution in [0.5, 0.6) is 5.75 Å². The van der Waals surface area contributed by atoms with Gasteiger partial charge in [-0.2, -0.15) is 0 Å². The largest absolute Gasteiger partial charge is 0.497 e. The van der Waals surface area contributed by atoms with Gasteiger partial charge in [0.25, 0.3) is 0 Å². The van der Waals surface area contributed by atoms with E-state index in [4.69, 9.17) is 4.74 Å². The molecule has 28 heavy (non-hydrogen) atoms. The van der Waals surface area contributed by atoms with Gasteiger partial charge in [0.15, 0.2) is 5.13 Å². The Morgan fingerprint density at radius 2 is 2.04 bits per heavy atom. The van der Waals surface area contributed by atoms with E-state index < -0.39 is 5.92 Å². The van der Waals surface area contributed by atoms with Crippen molar-refractivity contribution in [1.82, 2.24) is 9.97 Å². The monoisotopic (exact) mass is 394 g/mol. The predicted molar refractivity (Wildman–Crippen MR) is 107 cm³/mol. The summed E-state index contributed by atoms with van der Waals surface area (Å²) in [7, 11) is 1.59. The highest BCUT2D eigenvalue weighted by molar-refractivity contribution is 7.14. The highest BCUT2D eigenvalue weighted by atomic mass is 32.1. The average molecular weight is 394 g/mol. The number of carbonyl (C=O) groups excluding carboxylic acids is 2. The van der Waals surface area contributed by atoms with Crippen LogP contribution >= 0.6 is 11.3 Å². The Kier molecular flexibility index (Phi) is 5.03. The average Bonchev–Trinajstić information content (AvgIpc) is 3.35. The van der Waals surface area contributed by atoms with E-state index in [1.807, 2.05) is 35.7 Å². The summed E-state index contributed by atoms with van der Waals surface area (Å²) in [4.78, 5) is 35.3. The molecular formula is C20H18N4O3S. The number of rotatable bonds is 5. The Balaban J connectivity index is 1.41. The standard InChI is InChI=1S/C20H18N4O3S/c1-27-15-7-5-14(6-8-15)24-11-13(10-18(24)25)19(26)23-20-22-17(12-28-20)16-4-2-3-9-21-16/h2-9,12-13H,10-11H2,1H3,(H,22,23,26)/t13-/m0/s1. The summed E-state index contributed by atoms with van der Waals surface area (Å²) in [6.45, 7) is 0.343. The van der Waals surface area contributed by atoms with E-state index in [1.165, 1.54) is 11.3 Å².